The van der Waals surface area contributed by atoms with E-state index in [0.29, 0.717) is 0 Å². The van der Waals surface area contributed by atoms with Crippen LogP contribution in [0, 0.1) is 0 Å². The molecule has 4 aromatic carbocycles. The highest BCUT2D eigenvalue weighted by Crippen LogP contribution is 2.29. The highest BCUT2D eigenvalue weighted by Gasteiger charge is 2.03. The molecular weight excluding hydrogens is 244 g/mol. The lowest BCUT2D eigenvalue weighted by Gasteiger charge is -2.07. The minimum atomic E-state index is 0.0890. The van der Waals surface area contributed by atoms with Crippen molar-refractivity contribution in [1.29, 1.82) is 0 Å². The van der Waals surface area contributed by atoms with E-state index in [1.807, 2.05) is 6.07 Å². The third-order valence-corrected chi connectivity index (χ3v) is 3.95. The standard InChI is InChI=1S/C19H14O/c20-12-13-5-8-18-16(9-13)6-7-17-10-14-3-1-2-4-15(14)11-19(17)18/h1-11,20H,12H2. The smallest absolute Gasteiger partial charge is 0.0682 e. The molecule has 0 aliphatic rings. The molecule has 1 nitrogen and oxygen atoms in total. The minimum Gasteiger partial charge on any atom is -0.392 e. The van der Waals surface area contributed by atoms with Crippen LogP contribution < -0.4 is 0 Å². The molecule has 0 saturated heterocycles. The Balaban J connectivity index is 2.14. The first-order valence-electron chi connectivity index (χ1n) is 6.80. The van der Waals surface area contributed by atoms with Gasteiger partial charge < -0.3 is 5.11 Å². The number of benzene rings is 4. The zero-order chi connectivity index (χ0) is 13.5. The van der Waals surface area contributed by atoms with Crippen molar-refractivity contribution >= 4 is 32.3 Å². The van der Waals surface area contributed by atoms with Gasteiger partial charge in [-0.15, -0.1) is 0 Å². The third-order valence-electron chi connectivity index (χ3n) is 3.95. The van der Waals surface area contributed by atoms with Crippen LogP contribution in [0.4, 0.5) is 0 Å². The van der Waals surface area contributed by atoms with Crippen LogP contribution in [0.25, 0.3) is 32.3 Å². The Morgan fingerprint density at radius 2 is 1.30 bits per heavy atom. The number of rotatable bonds is 1. The Morgan fingerprint density at radius 3 is 2.05 bits per heavy atom. The molecular formula is C19H14O. The molecule has 20 heavy (non-hydrogen) atoms. The van der Waals surface area contributed by atoms with E-state index in [1.165, 1.54) is 32.3 Å². The maximum absolute atomic E-state index is 9.25. The van der Waals surface area contributed by atoms with E-state index in [0.717, 1.165) is 5.56 Å². The van der Waals surface area contributed by atoms with Gasteiger partial charge in [0.05, 0.1) is 6.61 Å². The molecule has 4 aromatic rings. The topological polar surface area (TPSA) is 20.2 Å². The quantitative estimate of drug-likeness (QED) is 0.389. The monoisotopic (exact) mass is 258 g/mol. The molecule has 0 aromatic heterocycles. The summed E-state index contributed by atoms with van der Waals surface area (Å²) >= 11 is 0. The summed E-state index contributed by atoms with van der Waals surface area (Å²) < 4.78 is 0. The summed E-state index contributed by atoms with van der Waals surface area (Å²) in [6.07, 6.45) is 0. The second-order valence-electron chi connectivity index (χ2n) is 5.20. The van der Waals surface area contributed by atoms with Gasteiger partial charge in [-0.25, -0.2) is 0 Å². The fourth-order valence-corrected chi connectivity index (χ4v) is 2.90. The van der Waals surface area contributed by atoms with Crippen molar-refractivity contribution < 1.29 is 5.11 Å². The average molecular weight is 258 g/mol. The van der Waals surface area contributed by atoms with Gasteiger partial charge in [-0.05, 0) is 56.1 Å². The molecule has 0 aliphatic carbocycles. The lowest BCUT2D eigenvalue weighted by atomic mass is 9.97. The summed E-state index contributed by atoms with van der Waals surface area (Å²) in [6, 6.07) is 23.4. The zero-order valence-corrected chi connectivity index (χ0v) is 11.0. The minimum absolute atomic E-state index is 0.0890. The second kappa shape index (κ2) is 4.32. The molecule has 0 saturated carbocycles. The molecule has 96 valence electrons. The van der Waals surface area contributed by atoms with Crippen LogP contribution in [-0.4, -0.2) is 5.11 Å². The van der Waals surface area contributed by atoms with Crippen molar-refractivity contribution in [1.82, 2.24) is 0 Å². The van der Waals surface area contributed by atoms with Crippen molar-refractivity contribution in [2.24, 2.45) is 0 Å². The maximum atomic E-state index is 9.25. The molecule has 0 unspecified atom stereocenters. The summed E-state index contributed by atoms with van der Waals surface area (Å²) in [4.78, 5) is 0. The molecule has 0 aliphatic heterocycles. The highest BCUT2D eigenvalue weighted by molar-refractivity contribution is 6.12. The van der Waals surface area contributed by atoms with Gasteiger partial charge in [-0.2, -0.15) is 0 Å². The molecule has 0 amide bonds. The fourth-order valence-electron chi connectivity index (χ4n) is 2.90. The lowest BCUT2D eigenvalue weighted by molar-refractivity contribution is 0.282. The van der Waals surface area contributed by atoms with E-state index >= 15 is 0 Å². The van der Waals surface area contributed by atoms with Crippen molar-refractivity contribution in [3.05, 3.63) is 72.3 Å². The Hall–Kier alpha value is -2.38. The van der Waals surface area contributed by atoms with Crippen LogP contribution in [0.15, 0.2) is 66.7 Å². The molecule has 4 rings (SSSR count). The molecule has 0 spiro atoms. The van der Waals surface area contributed by atoms with E-state index < -0.39 is 0 Å². The Kier molecular flexibility index (Phi) is 2.48. The van der Waals surface area contributed by atoms with Gasteiger partial charge in [0.25, 0.3) is 0 Å². The van der Waals surface area contributed by atoms with Gasteiger partial charge in [0.15, 0.2) is 0 Å². The summed E-state index contributed by atoms with van der Waals surface area (Å²) in [5.74, 6) is 0. The van der Waals surface area contributed by atoms with Gasteiger partial charge >= 0.3 is 0 Å². The Morgan fingerprint density at radius 1 is 0.600 bits per heavy atom. The van der Waals surface area contributed by atoms with E-state index in [4.69, 9.17) is 0 Å². The van der Waals surface area contributed by atoms with Gasteiger partial charge in [-0.3, -0.25) is 0 Å². The first-order valence-corrected chi connectivity index (χ1v) is 6.80. The third kappa shape index (κ3) is 1.68. The molecule has 0 atom stereocenters. The number of fused-ring (bicyclic) bond motifs is 4. The predicted molar refractivity (Wildman–Crippen MR) is 84.9 cm³/mol. The Bertz CT molecular complexity index is 938. The van der Waals surface area contributed by atoms with E-state index in [9.17, 15) is 5.11 Å². The molecule has 0 fully saturated rings. The Labute approximate surface area is 117 Å². The van der Waals surface area contributed by atoms with Crippen LogP contribution in [0.2, 0.25) is 0 Å². The van der Waals surface area contributed by atoms with Crippen LogP contribution in [0.1, 0.15) is 5.56 Å². The van der Waals surface area contributed by atoms with Gasteiger partial charge in [0.2, 0.25) is 0 Å². The lowest BCUT2D eigenvalue weighted by Crippen LogP contribution is -1.84. The molecule has 0 radical (unpaired) electrons. The van der Waals surface area contributed by atoms with Crippen molar-refractivity contribution in [3.63, 3.8) is 0 Å². The number of hydrogen-bond acceptors (Lipinski definition) is 1. The van der Waals surface area contributed by atoms with Crippen LogP contribution in [0.3, 0.4) is 0 Å². The van der Waals surface area contributed by atoms with Crippen LogP contribution >= 0.6 is 0 Å². The second-order valence-corrected chi connectivity index (χ2v) is 5.20. The van der Waals surface area contributed by atoms with Crippen LogP contribution in [0.5, 0.6) is 0 Å². The van der Waals surface area contributed by atoms with E-state index in [1.54, 1.807) is 0 Å². The molecule has 0 heterocycles. The predicted octanol–water partition coefficient (Wildman–Crippen LogP) is 4.64. The van der Waals surface area contributed by atoms with Gasteiger partial charge in [-0.1, -0.05) is 48.5 Å². The van der Waals surface area contributed by atoms with Crippen molar-refractivity contribution in [3.8, 4) is 0 Å². The first-order chi connectivity index (χ1) is 9.85. The summed E-state index contributed by atoms with van der Waals surface area (Å²) in [7, 11) is 0. The fraction of sp³-hybridized carbons (Fsp3) is 0.0526. The van der Waals surface area contributed by atoms with Crippen molar-refractivity contribution in [2.75, 3.05) is 0 Å². The summed E-state index contributed by atoms with van der Waals surface area (Å²) in [5, 5.41) is 16.7. The van der Waals surface area contributed by atoms with Crippen molar-refractivity contribution in [2.45, 2.75) is 6.61 Å². The number of aliphatic hydroxyl groups excluding tert-OH is 1. The summed E-state index contributed by atoms with van der Waals surface area (Å²) in [5.41, 5.74) is 0.956. The zero-order valence-electron chi connectivity index (χ0n) is 11.0. The van der Waals surface area contributed by atoms with E-state index in [2.05, 4.69) is 60.7 Å². The maximum Gasteiger partial charge on any atom is 0.0682 e. The molecule has 1 heteroatoms. The van der Waals surface area contributed by atoms with E-state index in [-0.39, 0.29) is 6.61 Å². The summed E-state index contributed by atoms with van der Waals surface area (Å²) in [6.45, 7) is 0.0890. The average Bonchev–Trinajstić information content (AvgIpc) is 2.52. The van der Waals surface area contributed by atoms with Gasteiger partial charge in [0.1, 0.15) is 0 Å². The number of hydrogen-bond donors (Lipinski definition) is 1. The largest absolute Gasteiger partial charge is 0.392 e. The van der Waals surface area contributed by atoms with Gasteiger partial charge in [0, 0.05) is 0 Å². The molecule has 1 N–H and O–H groups in total. The normalized spacial score (nSPS) is 11.4. The highest BCUT2D eigenvalue weighted by atomic mass is 16.3. The first kappa shape index (κ1) is 11.4. The SMILES string of the molecule is OCc1ccc2c(ccc3cc4ccccc4cc32)c1. The molecule has 0 bridgehead atoms. The van der Waals surface area contributed by atoms with Crippen LogP contribution in [-0.2, 0) is 6.61 Å². The number of aliphatic hydroxyl groups is 1.